The van der Waals surface area contributed by atoms with Crippen LogP contribution >= 0.6 is 0 Å². The van der Waals surface area contributed by atoms with Gasteiger partial charge in [0.1, 0.15) is 0 Å². The van der Waals surface area contributed by atoms with Crippen molar-refractivity contribution in [1.29, 1.82) is 0 Å². The van der Waals surface area contributed by atoms with Gasteiger partial charge in [-0.15, -0.1) is 0 Å². The Morgan fingerprint density at radius 3 is 1.18 bits per heavy atom. The summed E-state index contributed by atoms with van der Waals surface area (Å²) in [5.74, 6) is 1.79. The van der Waals surface area contributed by atoms with Crippen LogP contribution in [0, 0.1) is 13.8 Å². The quantitative estimate of drug-likeness (QED) is 0.141. The number of aryl methyl sites for hydroxylation is 2. The Bertz CT molecular complexity index is 3390. The zero-order valence-corrected chi connectivity index (χ0v) is 46.2. The molecule has 0 aromatic heterocycles. The molecule has 344 valence electrons. The molecular weight excluding hydrogens is 920 g/mol. The van der Waals surface area contributed by atoms with Gasteiger partial charge in [-0.1, -0.05) is 0 Å². The van der Waals surface area contributed by atoms with Crippen LogP contribution < -0.4 is 5.63 Å². The summed E-state index contributed by atoms with van der Waals surface area (Å²) in [6, 6.07) is 58.7. The summed E-state index contributed by atoms with van der Waals surface area (Å²) in [6.45, 7) is 25.2. The van der Waals surface area contributed by atoms with Crippen molar-refractivity contribution in [2.45, 2.75) is 96.6 Å². The summed E-state index contributed by atoms with van der Waals surface area (Å²) < 4.78 is 22.4. The van der Waals surface area contributed by atoms with E-state index in [0.717, 1.165) is 11.5 Å². The van der Waals surface area contributed by atoms with Crippen LogP contribution in [0.3, 0.4) is 0 Å². The molecule has 0 aliphatic heterocycles. The Balaban J connectivity index is 1.38. The molecule has 2 aliphatic rings. The molecule has 8 aromatic carbocycles. The van der Waals surface area contributed by atoms with Crippen molar-refractivity contribution in [3.63, 3.8) is 0 Å². The molecule has 0 radical (unpaired) electrons. The summed E-state index contributed by atoms with van der Waals surface area (Å²) in [6.07, 6.45) is 4.97. The van der Waals surface area contributed by atoms with E-state index in [1.54, 1.807) is 0 Å². The van der Waals surface area contributed by atoms with Gasteiger partial charge in [-0.3, -0.25) is 0 Å². The molecule has 2 aliphatic carbocycles. The third kappa shape index (κ3) is 7.02. The fraction of sp³-hybridized carbons (Fsp3) is 0.250. The SMILES string of the molecule is CC1=Cc2c(-c3cccc4ccccc34)cccc2[CH]1[Zr]([CH3])([CH3])(=[SiH2])([O]c1ccc(C)cc1C(C)(C)C)([O]c1ccc(C)cc1C(C)(C)C)[CH]1C(C)=Cc2c(-c3cccc4ccccc34)cccc21. The van der Waals surface area contributed by atoms with Crippen molar-refractivity contribution < 1.29 is 20.9 Å². The Morgan fingerprint density at radius 2 is 0.779 bits per heavy atom. The first-order valence-electron chi connectivity index (χ1n) is 24.7. The maximum atomic E-state index is 8.93. The molecule has 0 saturated heterocycles. The van der Waals surface area contributed by atoms with Crippen molar-refractivity contribution in [1.82, 2.24) is 0 Å². The van der Waals surface area contributed by atoms with Crippen LogP contribution in [-0.2, 0) is 26.1 Å². The average Bonchev–Trinajstić information content (AvgIpc) is 3.84. The molecule has 2 atom stereocenters. The van der Waals surface area contributed by atoms with E-state index in [0.29, 0.717) is 0 Å². The van der Waals surface area contributed by atoms with E-state index in [2.05, 4.69) is 255 Å². The molecule has 0 bridgehead atoms. The first-order chi connectivity index (χ1) is 31.9. The summed E-state index contributed by atoms with van der Waals surface area (Å²) >= 11 is -7.14. The molecule has 10 rings (SSSR count). The van der Waals surface area contributed by atoms with E-state index in [9.17, 15) is 0 Å². The minimum atomic E-state index is -7.14. The first kappa shape index (κ1) is 46.2. The summed E-state index contributed by atoms with van der Waals surface area (Å²) in [4.78, 5) is 0. The molecule has 0 fully saturated rings. The number of benzene rings is 8. The molecule has 0 amide bonds. The molecule has 2 unspecified atom stereocenters. The summed E-state index contributed by atoms with van der Waals surface area (Å²) in [5.41, 5.74) is 16.8. The second kappa shape index (κ2) is 14.7. The average molecular weight is 989 g/mol. The third-order valence-electron chi connectivity index (χ3n) is 16.1. The van der Waals surface area contributed by atoms with Gasteiger partial charge in [-0.05, 0) is 0 Å². The Morgan fingerprint density at radius 1 is 0.426 bits per heavy atom. The second-order valence-electron chi connectivity index (χ2n) is 24.6. The molecule has 0 heterocycles. The van der Waals surface area contributed by atoms with Gasteiger partial charge in [-0.25, -0.2) is 0 Å². The van der Waals surface area contributed by atoms with Crippen LogP contribution in [0.1, 0.15) is 107 Å². The van der Waals surface area contributed by atoms with Gasteiger partial charge in [0.05, 0.1) is 0 Å². The molecule has 8 aromatic rings. The van der Waals surface area contributed by atoms with Crippen LogP contribution in [0.2, 0.25) is 9.26 Å². The predicted molar refractivity (Wildman–Crippen MR) is 293 cm³/mol. The van der Waals surface area contributed by atoms with Gasteiger partial charge < -0.3 is 0 Å². The fourth-order valence-corrected chi connectivity index (χ4v) is 46.6. The maximum absolute atomic E-state index is 8.93. The molecule has 68 heavy (non-hydrogen) atoms. The molecule has 0 N–H and O–H groups in total. The van der Waals surface area contributed by atoms with Gasteiger partial charge in [0, 0.05) is 0 Å². The van der Waals surface area contributed by atoms with Crippen molar-refractivity contribution in [3.05, 3.63) is 213 Å². The van der Waals surface area contributed by atoms with E-state index >= 15 is 0 Å². The Hall–Kier alpha value is -5.54. The van der Waals surface area contributed by atoms with Crippen molar-refractivity contribution in [2.75, 3.05) is 0 Å². The molecule has 0 saturated carbocycles. The Labute approximate surface area is 402 Å². The van der Waals surface area contributed by atoms with E-state index in [1.807, 2.05) is 0 Å². The molecule has 0 spiro atoms. The molecule has 4 heteroatoms. The van der Waals surface area contributed by atoms with Crippen molar-refractivity contribution >= 4 is 40.6 Å². The van der Waals surface area contributed by atoms with Crippen LogP contribution in [-0.4, -0.2) is 6.88 Å². The normalized spacial score (nSPS) is 17.6. The predicted octanol–water partition coefficient (Wildman–Crippen LogP) is 17.5. The van der Waals surface area contributed by atoms with E-state index in [1.165, 1.54) is 99.5 Å². The monoisotopic (exact) mass is 986 g/mol. The standard InChI is InChI=1S/2C20H15.2C11H16O.2CH3.H2Si.Zr/c2*1-14-12-16-8-5-11-19(20(16)13-14)18-10-4-7-15-6-2-3-9-17(15)18;2*1-8-5-6-10(12)9(7-8)11(2,3)4;;;;/h2*2-13H,1H3;2*5-7,12H,1-4H3;2*1H3;1H2;/q;;;;;;;+2/p-2. The van der Waals surface area contributed by atoms with Crippen LogP contribution in [0.4, 0.5) is 0 Å². The van der Waals surface area contributed by atoms with E-state index in [4.69, 9.17) is 5.63 Å². The van der Waals surface area contributed by atoms with E-state index in [-0.39, 0.29) is 18.1 Å². The van der Waals surface area contributed by atoms with Crippen LogP contribution in [0.25, 0.3) is 56.0 Å². The van der Waals surface area contributed by atoms with Crippen LogP contribution in [0.5, 0.6) is 11.5 Å². The van der Waals surface area contributed by atoms with Crippen molar-refractivity contribution in [3.8, 4) is 33.8 Å². The number of allylic oxidation sites excluding steroid dienone is 2. The molecule has 2 nitrogen and oxygen atoms in total. The minimum absolute atomic E-state index is 0.234. The zero-order valence-electron chi connectivity index (χ0n) is 42.3. The van der Waals surface area contributed by atoms with Gasteiger partial charge in [0.15, 0.2) is 0 Å². The third-order valence-corrected chi connectivity index (χ3v) is 43.4. The van der Waals surface area contributed by atoms with Gasteiger partial charge in [-0.2, -0.15) is 0 Å². The second-order valence-corrected chi connectivity index (χ2v) is 67.7. The van der Waals surface area contributed by atoms with Gasteiger partial charge >= 0.3 is 405 Å². The number of rotatable bonds is 8. The van der Waals surface area contributed by atoms with Crippen molar-refractivity contribution in [2.24, 2.45) is 0 Å². The summed E-state index contributed by atoms with van der Waals surface area (Å²) in [7, 11) is 0. The van der Waals surface area contributed by atoms with Crippen LogP contribution in [0.15, 0.2) is 169 Å². The summed E-state index contributed by atoms with van der Waals surface area (Å²) in [5, 5.41) is 4.96. The Kier molecular flexibility index (Phi) is 10.0. The zero-order chi connectivity index (χ0) is 48.3. The van der Waals surface area contributed by atoms with Gasteiger partial charge in [0.25, 0.3) is 0 Å². The topological polar surface area (TPSA) is 18.5 Å². The number of hydrogen-bond acceptors (Lipinski definition) is 2. The molecular formula is C64H68O2SiZr. The van der Waals surface area contributed by atoms with E-state index < -0.39 is 15.3 Å². The number of fused-ring (bicyclic) bond motifs is 4. The first-order valence-corrected chi connectivity index (χ1v) is 40.3. The number of hydrogen-bond donors (Lipinski definition) is 0. The fourth-order valence-electron chi connectivity index (χ4n) is 13.6. The van der Waals surface area contributed by atoms with Gasteiger partial charge in [0.2, 0.25) is 0 Å².